The molecule has 0 saturated carbocycles. The summed E-state index contributed by atoms with van der Waals surface area (Å²) < 4.78 is 5.86. The summed E-state index contributed by atoms with van der Waals surface area (Å²) in [4.78, 5) is 0. The van der Waals surface area contributed by atoms with Gasteiger partial charge in [0.25, 0.3) is 0 Å². The number of para-hydroxylation sites is 2. The number of ether oxygens (including phenoxy) is 1. The molecule has 0 aromatic heterocycles. The highest BCUT2D eigenvalue weighted by Crippen LogP contribution is 2.41. The Balaban J connectivity index is 1.80. The van der Waals surface area contributed by atoms with Crippen molar-refractivity contribution in [2.75, 3.05) is 5.32 Å². The maximum Gasteiger partial charge on any atom is 0.151 e. The number of hydrogen-bond acceptors (Lipinski definition) is 2. The van der Waals surface area contributed by atoms with Crippen molar-refractivity contribution in [3.63, 3.8) is 0 Å². The highest BCUT2D eigenvalue weighted by atomic mass is 16.5. The highest BCUT2D eigenvalue weighted by molar-refractivity contribution is 5.75. The largest absolute Gasteiger partial charge is 0.453 e. The lowest BCUT2D eigenvalue weighted by Gasteiger charge is -2.21. The van der Waals surface area contributed by atoms with Gasteiger partial charge in [0.2, 0.25) is 0 Å². The topological polar surface area (TPSA) is 21.3 Å². The average molecular weight is 252 g/mol. The Morgan fingerprint density at radius 3 is 2.84 bits per heavy atom. The third kappa shape index (κ3) is 2.58. The molecule has 0 aliphatic carbocycles. The summed E-state index contributed by atoms with van der Waals surface area (Å²) in [5.74, 6) is 1.74. The lowest BCUT2D eigenvalue weighted by Crippen LogP contribution is -2.03. The van der Waals surface area contributed by atoms with Gasteiger partial charge < -0.3 is 10.1 Å². The smallest absolute Gasteiger partial charge is 0.151 e. The van der Waals surface area contributed by atoms with E-state index >= 15 is 0 Å². The molecule has 1 heterocycles. The van der Waals surface area contributed by atoms with Crippen LogP contribution in [0.2, 0.25) is 0 Å². The van der Waals surface area contributed by atoms with Gasteiger partial charge in [-0.15, -0.1) is 0 Å². The van der Waals surface area contributed by atoms with Gasteiger partial charge in [0.05, 0.1) is 11.4 Å². The van der Waals surface area contributed by atoms with Crippen LogP contribution in [0.5, 0.6) is 11.5 Å². The molecule has 0 unspecified atom stereocenters. The van der Waals surface area contributed by atoms with Gasteiger partial charge in [0.1, 0.15) is 0 Å². The van der Waals surface area contributed by atoms with E-state index in [0.29, 0.717) is 0 Å². The van der Waals surface area contributed by atoms with Crippen LogP contribution in [0.25, 0.3) is 0 Å². The average Bonchev–Trinajstić information content (AvgIpc) is 2.45. The Kier molecular flexibility index (Phi) is 3.41. The molecule has 0 saturated heterocycles. The fraction of sp³-hybridized carbons (Fsp3) is 0.294. The first-order valence-corrected chi connectivity index (χ1v) is 6.96. The molecule has 0 bridgehead atoms. The quantitative estimate of drug-likeness (QED) is 0.655. The third-order valence-corrected chi connectivity index (χ3v) is 3.38. The Bertz CT molecular complexity index is 577. The standard InChI is InChI=1S/C17H18NO/c1-2-3-4-7-13-10-11-17-15(12-13)18-14-8-5-6-9-16(14)19-17/h5-6,8-11,18H,2-4,7H2,1H3. The number of nitrogens with one attached hydrogen (secondary N) is 1. The van der Waals surface area contributed by atoms with Gasteiger partial charge in [-0.25, -0.2) is 0 Å². The molecule has 1 aliphatic rings. The second-order valence-electron chi connectivity index (χ2n) is 4.90. The summed E-state index contributed by atoms with van der Waals surface area (Å²) in [6.45, 7) is 2.23. The van der Waals surface area contributed by atoms with Gasteiger partial charge in [-0.1, -0.05) is 38.0 Å². The molecule has 3 rings (SSSR count). The van der Waals surface area contributed by atoms with Crippen molar-refractivity contribution >= 4 is 11.4 Å². The predicted molar refractivity (Wildman–Crippen MR) is 78.3 cm³/mol. The number of benzene rings is 2. The molecule has 19 heavy (non-hydrogen) atoms. The number of anilines is 2. The summed E-state index contributed by atoms with van der Waals surface area (Å²) >= 11 is 0. The molecule has 0 spiro atoms. The van der Waals surface area contributed by atoms with Crippen molar-refractivity contribution in [2.45, 2.75) is 32.6 Å². The fourth-order valence-corrected chi connectivity index (χ4v) is 2.32. The molecule has 2 aromatic carbocycles. The highest BCUT2D eigenvalue weighted by Gasteiger charge is 2.16. The fourth-order valence-electron chi connectivity index (χ4n) is 2.32. The molecule has 1 radical (unpaired) electrons. The van der Waals surface area contributed by atoms with Gasteiger partial charge in [0.15, 0.2) is 11.5 Å². The number of unbranched alkanes of at least 4 members (excludes halogenated alkanes) is 2. The van der Waals surface area contributed by atoms with Crippen LogP contribution in [0.1, 0.15) is 31.7 Å². The summed E-state index contributed by atoms with van der Waals surface area (Å²) in [5.41, 5.74) is 3.22. The maximum atomic E-state index is 5.86. The van der Waals surface area contributed by atoms with Crippen molar-refractivity contribution in [1.82, 2.24) is 0 Å². The summed E-state index contributed by atoms with van der Waals surface area (Å²) in [5, 5.41) is 3.39. The van der Waals surface area contributed by atoms with Crippen molar-refractivity contribution in [1.29, 1.82) is 0 Å². The molecule has 97 valence electrons. The van der Waals surface area contributed by atoms with E-state index in [4.69, 9.17) is 4.74 Å². The summed E-state index contributed by atoms with van der Waals surface area (Å²) in [6.07, 6.45) is 4.84. The lowest BCUT2D eigenvalue weighted by molar-refractivity contribution is 0.480. The van der Waals surface area contributed by atoms with Gasteiger partial charge in [-0.3, -0.25) is 0 Å². The van der Waals surface area contributed by atoms with E-state index in [9.17, 15) is 0 Å². The van der Waals surface area contributed by atoms with Crippen LogP contribution in [-0.2, 0) is 6.42 Å². The molecule has 1 aliphatic heterocycles. The Hall–Kier alpha value is -1.96. The number of hydrogen-bond donors (Lipinski definition) is 1. The maximum absolute atomic E-state index is 5.86. The Morgan fingerprint density at radius 1 is 1.05 bits per heavy atom. The first-order valence-electron chi connectivity index (χ1n) is 6.96. The predicted octanol–water partition coefficient (Wildman–Crippen LogP) is 5.07. The van der Waals surface area contributed by atoms with Crippen LogP contribution in [0, 0.1) is 6.07 Å². The van der Waals surface area contributed by atoms with Crippen LogP contribution in [-0.4, -0.2) is 0 Å². The van der Waals surface area contributed by atoms with Crippen LogP contribution in [0.15, 0.2) is 36.4 Å². The molecule has 0 atom stereocenters. The minimum atomic E-state index is 0.859. The van der Waals surface area contributed by atoms with Crippen molar-refractivity contribution < 1.29 is 4.74 Å². The molecule has 0 amide bonds. The number of rotatable bonds is 4. The van der Waals surface area contributed by atoms with E-state index in [-0.39, 0.29) is 0 Å². The lowest BCUT2D eigenvalue weighted by atomic mass is 10.1. The van der Waals surface area contributed by atoms with E-state index in [1.807, 2.05) is 30.3 Å². The number of fused-ring (bicyclic) bond motifs is 2. The van der Waals surface area contributed by atoms with Gasteiger partial charge in [-0.05, 0) is 36.6 Å². The van der Waals surface area contributed by atoms with Crippen LogP contribution < -0.4 is 10.1 Å². The van der Waals surface area contributed by atoms with Crippen LogP contribution >= 0.6 is 0 Å². The molecule has 2 aromatic rings. The van der Waals surface area contributed by atoms with E-state index in [1.165, 1.54) is 24.8 Å². The zero-order chi connectivity index (χ0) is 13.1. The second-order valence-corrected chi connectivity index (χ2v) is 4.90. The molecule has 0 fully saturated rings. The summed E-state index contributed by atoms with van der Waals surface area (Å²) in [6, 6.07) is 15.6. The van der Waals surface area contributed by atoms with Crippen LogP contribution in [0.3, 0.4) is 0 Å². The summed E-state index contributed by atoms with van der Waals surface area (Å²) in [7, 11) is 0. The Labute approximate surface area is 114 Å². The first kappa shape index (κ1) is 12.1. The molecule has 2 nitrogen and oxygen atoms in total. The third-order valence-electron chi connectivity index (χ3n) is 3.38. The van der Waals surface area contributed by atoms with Gasteiger partial charge in [0, 0.05) is 6.07 Å². The van der Waals surface area contributed by atoms with Crippen LogP contribution in [0.4, 0.5) is 11.4 Å². The van der Waals surface area contributed by atoms with Crippen molar-refractivity contribution in [3.8, 4) is 11.5 Å². The normalized spacial score (nSPS) is 12.1. The van der Waals surface area contributed by atoms with Gasteiger partial charge >= 0.3 is 0 Å². The van der Waals surface area contributed by atoms with E-state index < -0.39 is 0 Å². The zero-order valence-corrected chi connectivity index (χ0v) is 11.2. The van der Waals surface area contributed by atoms with E-state index in [2.05, 4.69) is 24.4 Å². The minimum Gasteiger partial charge on any atom is -0.453 e. The number of aryl methyl sites for hydroxylation is 1. The van der Waals surface area contributed by atoms with Gasteiger partial charge in [-0.2, -0.15) is 0 Å². The van der Waals surface area contributed by atoms with Crippen molar-refractivity contribution in [2.24, 2.45) is 0 Å². The first-order chi connectivity index (χ1) is 9.36. The molecular weight excluding hydrogens is 234 g/mol. The Morgan fingerprint density at radius 2 is 1.95 bits per heavy atom. The monoisotopic (exact) mass is 252 g/mol. The minimum absolute atomic E-state index is 0.859. The van der Waals surface area contributed by atoms with Crippen molar-refractivity contribution in [3.05, 3.63) is 48.0 Å². The van der Waals surface area contributed by atoms with E-state index in [0.717, 1.165) is 29.3 Å². The molecule has 1 N–H and O–H groups in total. The molecule has 2 heteroatoms. The van der Waals surface area contributed by atoms with E-state index in [1.54, 1.807) is 0 Å². The second kappa shape index (κ2) is 5.35. The molecular formula is C17H18NO. The SMILES string of the molecule is CCCCCc1[c]c2c(cc1)Oc1ccccc1N2. The zero-order valence-electron chi connectivity index (χ0n) is 11.2.